The largest absolute Gasteiger partial charge is 0.508 e. The molecule has 2 N–H and O–H groups in total. The number of phenols is 2. The number of allylic oxidation sites excluding steroid dienone is 2. The Hall–Kier alpha value is -2.73. The van der Waals surface area contributed by atoms with Crippen LogP contribution < -0.4 is 0 Å². The molecule has 0 aromatic heterocycles. The average molecular weight is 319 g/mol. The van der Waals surface area contributed by atoms with Crippen molar-refractivity contribution < 1.29 is 10.2 Å². The van der Waals surface area contributed by atoms with E-state index in [1.165, 1.54) is 28.3 Å². The summed E-state index contributed by atoms with van der Waals surface area (Å²) in [6.07, 6.45) is 4.73. The molecule has 0 aliphatic heterocycles. The molecule has 24 heavy (non-hydrogen) atoms. The lowest BCUT2D eigenvalue weighted by molar-refractivity contribution is 0.474. The van der Waals surface area contributed by atoms with Crippen LogP contribution in [0.25, 0.3) is 11.1 Å². The fourth-order valence-electron chi connectivity index (χ4n) is 3.57. The number of nitriles is 1. The molecular formula is C21H21NO2. The maximum atomic E-state index is 9.80. The second-order valence-electron chi connectivity index (χ2n) is 6.24. The highest BCUT2D eigenvalue weighted by atomic mass is 16.3. The minimum absolute atomic E-state index is 0.117. The molecule has 3 nitrogen and oxygen atoms in total. The highest BCUT2D eigenvalue weighted by Gasteiger charge is 2.20. The molecule has 0 atom stereocenters. The third-order valence-electron chi connectivity index (χ3n) is 4.60. The molecule has 3 rings (SSSR count). The fourth-order valence-corrected chi connectivity index (χ4v) is 3.57. The highest BCUT2D eigenvalue weighted by molar-refractivity contribution is 5.93. The van der Waals surface area contributed by atoms with E-state index in [9.17, 15) is 15.5 Å². The zero-order chi connectivity index (χ0) is 17.1. The predicted octanol–water partition coefficient (Wildman–Crippen LogP) is 5.02. The lowest BCUT2D eigenvalue weighted by atomic mass is 9.88. The van der Waals surface area contributed by atoms with Crippen molar-refractivity contribution >= 4 is 11.1 Å². The number of aromatic hydroxyl groups is 2. The monoisotopic (exact) mass is 319 g/mol. The van der Waals surface area contributed by atoms with Gasteiger partial charge in [0.25, 0.3) is 0 Å². The van der Waals surface area contributed by atoms with E-state index in [-0.39, 0.29) is 5.75 Å². The number of aryl methyl sites for hydroxylation is 1. The van der Waals surface area contributed by atoms with Gasteiger partial charge in [-0.05, 0) is 83.9 Å². The first-order chi connectivity index (χ1) is 11.6. The van der Waals surface area contributed by atoms with Crippen LogP contribution in [0.3, 0.4) is 0 Å². The number of fused-ring (bicyclic) bond motifs is 1. The third-order valence-corrected chi connectivity index (χ3v) is 4.60. The van der Waals surface area contributed by atoms with Gasteiger partial charge in [-0.3, -0.25) is 0 Å². The van der Waals surface area contributed by atoms with Crippen molar-refractivity contribution in [3.05, 3.63) is 58.7 Å². The molecule has 0 saturated carbocycles. The van der Waals surface area contributed by atoms with Gasteiger partial charge >= 0.3 is 0 Å². The summed E-state index contributed by atoms with van der Waals surface area (Å²) in [6.45, 7) is 2.15. The van der Waals surface area contributed by atoms with E-state index in [0.29, 0.717) is 11.3 Å². The van der Waals surface area contributed by atoms with E-state index in [1.807, 2.05) is 18.2 Å². The average Bonchev–Trinajstić information content (AvgIpc) is 2.74. The summed E-state index contributed by atoms with van der Waals surface area (Å²) in [5, 5.41) is 29.0. The van der Waals surface area contributed by atoms with Crippen molar-refractivity contribution in [2.75, 3.05) is 0 Å². The molecule has 2 aromatic carbocycles. The van der Waals surface area contributed by atoms with Gasteiger partial charge < -0.3 is 10.2 Å². The van der Waals surface area contributed by atoms with Gasteiger partial charge in [-0.25, -0.2) is 0 Å². The predicted molar refractivity (Wildman–Crippen MR) is 95.6 cm³/mol. The maximum absolute atomic E-state index is 9.80. The molecule has 2 aromatic rings. The van der Waals surface area contributed by atoms with E-state index in [4.69, 9.17) is 0 Å². The topological polar surface area (TPSA) is 64.2 Å². The van der Waals surface area contributed by atoms with Gasteiger partial charge in [0.15, 0.2) is 0 Å². The zero-order valence-corrected chi connectivity index (χ0v) is 13.8. The smallest absolute Gasteiger partial charge is 0.116 e. The van der Waals surface area contributed by atoms with Gasteiger partial charge in [0.05, 0.1) is 11.6 Å². The molecule has 0 bridgehead atoms. The SMILES string of the molecule is CCCC1=C(c2ccc(O)cc2C#N)CCCc2cc(O)ccc21. The molecule has 0 spiro atoms. The first-order valence-electron chi connectivity index (χ1n) is 8.41. The van der Waals surface area contributed by atoms with Crippen LogP contribution in [0.5, 0.6) is 11.5 Å². The summed E-state index contributed by atoms with van der Waals surface area (Å²) in [6, 6.07) is 12.8. The Morgan fingerprint density at radius 3 is 2.42 bits per heavy atom. The summed E-state index contributed by atoms with van der Waals surface area (Å²) in [4.78, 5) is 0. The Morgan fingerprint density at radius 2 is 1.71 bits per heavy atom. The van der Waals surface area contributed by atoms with Crippen LogP contribution in [0.4, 0.5) is 0 Å². The van der Waals surface area contributed by atoms with Crippen LogP contribution in [-0.4, -0.2) is 10.2 Å². The van der Waals surface area contributed by atoms with E-state index in [1.54, 1.807) is 12.1 Å². The lowest BCUT2D eigenvalue weighted by Gasteiger charge is -2.16. The first-order valence-corrected chi connectivity index (χ1v) is 8.41. The standard InChI is InChI=1S/C21H21NO2/c1-2-4-20-18-9-7-16(23)11-14(18)5-3-6-21(20)19-10-8-17(24)12-15(19)13-22/h7-12,23-24H,2-6H2,1H3. The first kappa shape index (κ1) is 16.1. The molecule has 0 radical (unpaired) electrons. The number of hydrogen-bond donors (Lipinski definition) is 2. The van der Waals surface area contributed by atoms with Crippen LogP contribution in [-0.2, 0) is 6.42 Å². The molecule has 3 heteroatoms. The molecule has 122 valence electrons. The highest BCUT2D eigenvalue weighted by Crippen LogP contribution is 2.40. The Labute approximate surface area is 142 Å². The van der Waals surface area contributed by atoms with Crippen molar-refractivity contribution in [3.63, 3.8) is 0 Å². The molecule has 1 aliphatic carbocycles. The van der Waals surface area contributed by atoms with Crippen LogP contribution in [0, 0.1) is 11.3 Å². The normalized spacial score (nSPS) is 14.0. The quantitative estimate of drug-likeness (QED) is 0.835. The second-order valence-corrected chi connectivity index (χ2v) is 6.24. The van der Waals surface area contributed by atoms with Crippen molar-refractivity contribution in [3.8, 4) is 17.6 Å². The molecular weight excluding hydrogens is 298 g/mol. The van der Waals surface area contributed by atoms with Crippen LogP contribution in [0.2, 0.25) is 0 Å². The summed E-state index contributed by atoms with van der Waals surface area (Å²) >= 11 is 0. The van der Waals surface area contributed by atoms with E-state index < -0.39 is 0 Å². The molecule has 0 unspecified atom stereocenters. The maximum Gasteiger partial charge on any atom is 0.116 e. The summed E-state index contributed by atoms with van der Waals surface area (Å²) in [7, 11) is 0. The van der Waals surface area contributed by atoms with Crippen molar-refractivity contribution in [1.82, 2.24) is 0 Å². The number of rotatable bonds is 3. The van der Waals surface area contributed by atoms with Crippen molar-refractivity contribution in [2.45, 2.75) is 39.0 Å². The Bertz CT molecular complexity index is 843. The van der Waals surface area contributed by atoms with Gasteiger partial charge in [-0.15, -0.1) is 0 Å². The molecule has 0 fully saturated rings. The van der Waals surface area contributed by atoms with Gasteiger partial charge in [-0.2, -0.15) is 5.26 Å². The third kappa shape index (κ3) is 3.00. The van der Waals surface area contributed by atoms with Gasteiger partial charge in [0.2, 0.25) is 0 Å². The fraction of sp³-hybridized carbons (Fsp3) is 0.286. The van der Waals surface area contributed by atoms with Gasteiger partial charge in [0, 0.05) is 0 Å². The molecule has 0 saturated heterocycles. The molecule has 1 aliphatic rings. The van der Waals surface area contributed by atoms with E-state index in [0.717, 1.165) is 37.7 Å². The summed E-state index contributed by atoms with van der Waals surface area (Å²) in [5.41, 5.74) is 6.23. The Morgan fingerprint density at radius 1 is 1.00 bits per heavy atom. The van der Waals surface area contributed by atoms with Crippen molar-refractivity contribution in [2.24, 2.45) is 0 Å². The molecule has 0 heterocycles. The van der Waals surface area contributed by atoms with Gasteiger partial charge in [0.1, 0.15) is 11.5 Å². The molecule has 0 amide bonds. The number of phenolic OH excluding ortho intramolecular Hbond substituents is 2. The van der Waals surface area contributed by atoms with Crippen LogP contribution >= 0.6 is 0 Å². The minimum Gasteiger partial charge on any atom is -0.508 e. The number of benzene rings is 2. The summed E-state index contributed by atoms with van der Waals surface area (Å²) < 4.78 is 0. The van der Waals surface area contributed by atoms with Gasteiger partial charge in [-0.1, -0.05) is 19.4 Å². The lowest BCUT2D eigenvalue weighted by Crippen LogP contribution is -1.96. The minimum atomic E-state index is 0.117. The summed E-state index contributed by atoms with van der Waals surface area (Å²) in [5.74, 6) is 0.419. The second kappa shape index (κ2) is 6.80. The van der Waals surface area contributed by atoms with E-state index in [2.05, 4.69) is 13.0 Å². The van der Waals surface area contributed by atoms with Crippen LogP contribution in [0.1, 0.15) is 54.9 Å². The van der Waals surface area contributed by atoms with E-state index >= 15 is 0 Å². The van der Waals surface area contributed by atoms with Crippen molar-refractivity contribution in [1.29, 1.82) is 5.26 Å². The number of hydrogen-bond acceptors (Lipinski definition) is 3. The zero-order valence-electron chi connectivity index (χ0n) is 13.8. The number of nitrogens with zero attached hydrogens (tertiary/aromatic N) is 1. The Balaban J connectivity index is 2.25. The van der Waals surface area contributed by atoms with Crippen LogP contribution in [0.15, 0.2) is 36.4 Å². The Kier molecular flexibility index (Phi) is 4.57.